The molecule has 6 aromatic rings. The highest BCUT2D eigenvalue weighted by Gasteiger charge is 2.39. The number of halogens is 2. The maximum Gasteiger partial charge on any atom is 0.250 e. The van der Waals surface area contributed by atoms with Gasteiger partial charge in [0.2, 0.25) is 11.8 Å². The van der Waals surface area contributed by atoms with Crippen molar-refractivity contribution in [1.82, 2.24) is 28.9 Å². The molecule has 12 nitrogen and oxygen atoms in total. The molecule has 4 atom stereocenters. The minimum absolute atomic E-state index is 0.00866. The molecule has 0 N–H and O–H groups in total. The van der Waals surface area contributed by atoms with Gasteiger partial charge in [-0.05, 0) is 148 Å². The summed E-state index contributed by atoms with van der Waals surface area (Å²) in [5.74, 6) is 0.867. The van der Waals surface area contributed by atoms with E-state index in [1.165, 1.54) is 24.3 Å². The van der Waals surface area contributed by atoms with E-state index in [0.29, 0.717) is 50.6 Å². The van der Waals surface area contributed by atoms with Crippen LogP contribution < -0.4 is 9.47 Å². The van der Waals surface area contributed by atoms with Gasteiger partial charge in [-0.2, -0.15) is 0 Å². The molecule has 4 saturated heterocycles. The average molecular weight is 951 g/mol. The van der Waals surface area contributed by atoms with E-state index in [4.69, 9.17) is 18.9 Å². The number of aryl methyl sites for hydroxylation is 2. The molecule has 4 aromatic carbocycles. The zero-order valence-corrected chi connectivity index (χ0v) is 40.2. The molecule has 4 fully saturated rings. The molecule has 0 radical (unpaired) electrons. The van der Waals surface area contributed by atoms with Crippen molar-refractivity contribution in [2.45, 2.75) is 89.5 Å². The van der Waals surface area contributed by atoms with Crippen LogP contribution in [0.2, 0.25) is 0 Å². The Bertz CT molecular complexity index is 2650. The van der Waals surface area contributed by atoms with E-state index < -0.39 is 0 Å². The molecular weight excluding hydrogens is 891 g/mol. The molecule has 2 amide bonds. The van der Waals surface area contributed by atoms with E-state index in [2.05, 4.69) is 9.97 Å². The number of nitrogens with zero attached hydrogens (tertiary/aromatic N) is 6. The number of imidazole rings is 2. The minimum atomic E-state index is -0.284. The normalized spacial score (nSPS) is 20.4. The Morgan fingerprint density at radius 2 is 1.01 bits per heavy atom. The fraction of sp³-hybridized carbons (Fsp3) is 0.357. The maximum absolute atomic E-state index is 13.7. The summed E-state index contributed by atoms with van der Waals surface area (Å²) in [6.07, 6.45) is 18.0. The largest absolute Gasteiger partial charge is 0.495 e. The van der Waals surface area contributed by atoms with Gasteiger partial charge < -0.3 is 37.9 Å². The molecule has 14 heteroatoms. The lowest BCUT2D eigenvalue weighted by atomic mass is 9.93. The summed E-state index contributed by atoms with van der Waals surface area (Å²) < 4.78 is 54.4. The molecule has 0 saturated carbocycles. The summed E-state index contributed by atoms with van der Waals surface area (Å²) in [6.45, 7) is 6.57. The van der Waals surface area contributed by atoms with Crippen molar-refractivity contribution in [2.24, 2.45) is 0 Å². The first-order valence-electron chi connectivity index (χ1n) is 24.2. The zero-order valence-electron chi connectivity index (χ0n) is 40.2. The fourth-order valence-corrected chi connectivity index (χ4v) is 10.2. The summed E-state index contributed by atoms with van der Waals surface area (Å²) >= 11 is 0. The summed E-state index contributed by atoms with van der Waals surface area (Å²) in [5, 5.41) is 0. The highest BCUT2D eigenvalue weighted by atomic mass is 19.1. The number of piperidine rings is 2. The summed E-state index contributed by atoms with van der Waals surface area (Å²) in [5.41, 5.74) is 8.78. The topological polar surface area (TPSA) is 113 Å². The maximum atomic E-state index is 13.7. The van der Waals surface area contributed by atoms with Gasteiger partial charge in [-0.3, -0.25) is 9.59 Å². The Kier molecular flexibility index (Phi) is 15.0. The van der Waals surface area contributed by atoms with Crippen molar-refractivity contribution >= 4 is 24.0 Å². The van der Waals surface area contributed by atoms with Crippen LogP contribution in [0.1, 0.15) is 97.1 Å². The number of ether oxygens (including phenoxy) is 4. The van der Waals surface area contributed by atoms with Crippen LogP contribution in [0, 0.1) is 25.5 Å². The Morgan fingerprint density at radius 3 is 1.36 bits per heavy atom. The first-order chi connectivity index (χ1) is 34.1. The second kappa shape index (κ2) is 21.8. The monoisotopic (exact) mass is 950 g/mol. The number of carbonyl (C=O) groups excluding carboxylic acids is 2. The smallest absolute Gasteiger partial charge is 0.250 e. The third-order valence-electron chi connectivity index (χ3n) is 13.6. The number of hydrogen-bond donors (Lipinski definition) is 0. The lowest BCUT2D eigenvalue weighted by molar-refractivity contribution is -0.135. The van der Waals surface area contributed by atoms with E-state index in [0.717, 1.165) is 94.7 Å². The predicted octanol–water partition coefficient (Wildman–Crippen LogP) is 10.5. The van der Waals surface area contributed by atoms with Crippen LogP contribution in [0.5, 0.6) is 11.5 Å². The first-order valence-corrected chi connectivity index (χ1v) is 24.2. The van der Waals surface area contributed by atoms with Gasteiger partial charge in [0.1, 0.15) is 23.1 Å². The molecule has 364 valence electrons. The molecular formula is C56H60F2N6O6. The van der Waals surface area contributed by atoms with E-state index in [9.17, 15) is 18.4 Å². The Balaban J connectivity index is 0.000000174. The van der Waals surface area contributed by atoms with Crippen LogP contribution in [0.25, 0.3) is 23.5 Å². The van der Waals surface area contributed by atoms with Gasteiger partial charge in [-0.25, -0.2) is 18.7 Å². The average Bonchev–Trinajstić information content (AvgIpc) is 4.24. The van der Waals surface area contributed by atoms with Crippen molar-refractivity contribution in [3.05, 3.63) is 166 Å². The molecule has 0 unspecified atom stereocenters. The molecule has 10 rings (SSSR count). The number of aromatic nitrogens is 4. The van der Waals surface area contributed by atoms with Crippen LogP contribution in [-0.4, -0.2) is 93.4 Å². The van der Waals surface area contributed by atoms with Crippen molar-refractivity contribution in [1.29, 1.82) is 0 Å². The van der Waals surface area contributed by atoms with Crippen LogP contribution in [0.3, 0.4) is 0 Å². The summed E-state index contributed by atoms with van der Waals surface area (Å²) in [6, 6.07) is 24.3. The zero-order chi connectivity index (χ0) is 48.7. The fourth-order valence-electron chi connectivity index (χ4n) is 10.2. The lowest BCUT2D eigenvalue weighted by Crippen LogP contribution is -2.44. The lowest BCUT2D eigenvalue weighted by Gasteiger charge is -2.38. The van der Waals surface area contributed by atoms with Crippen molar-refractivity contribution < 1.29 is 37.3 Å². The van der Waals surface area contributed by atoms with E-state index in [-0.39, 0.29) is 47.7 Å². The second-order valence-corrected chi connectivity index (χ2v) is 18.3. The van der Waals surface area contributed by atoms with Gasteiger partial charge >= 0.3 is 0 Å². The van der Waals surface area contributed by atoms with Crippen LogP contribution in [0.4, 0.5) is 8.78 Å². The van der Waals surface area contributed by atoms with Gasteiger partial charge in [0, 0.05) is 49.8 Å². The molecule has 6 heterocycles. The highest BCUT2D eigenvalue weighted by Crippen LogP contribution is 2.39. The van der Waals surface area contributed by atoms with Gasteiger partial charge in [0.15, 0.2) is 0 Å². The molecule has 0 spiro atoms. The number of benzene rings is 4. The molecule has 4 aliphatic rings. The number of amides is 2. The van der Waals surface area contributed by atoms with Crippen LogP contribution >= 0.6 is 0 Å². The Morgan fingerprint density at radius 1 is 0.600 bits per heavy atom. The number of carbonyl (C=O) groups is 2. The number of methoxy groups -OCH3 is 2. The van der Waals surface area contributed by atoms with E-state index in [1.54, 1.807) is 51.1 Å². The highest BCUT2D eigenvalue weighted by molar-refractivity contribution is 5.99. The van der Waals surface area contributed by atoms with Gasteiger partial charge in [-0.1, -0.05) is 36.4 Å². The third kappa shape index (κ3) is 10.8. The molecule has 4 aliphatic heterocycles. The van der Waals surface area contributed by atoms with Crippen LogP contribution in [-0.2, 0) is 19.1 Å². The van der Waals surface area contributed by atoms with Gasteiger partial charge in [0.25, 0.3) is 0 Å². The quantitative estimate of drug-likeness (QED) is 0.112. The standard InChI is InChI=1S/2C28H30FN3O3/c2*1-19-17-31(18-30-19)24-12-7-20(16-26(24)34-2)15-22-5-3-13-32(28(22)33)27(25-6-4-14-35-25)21-8-10-23(29)11-9-21/h2*7-12,15-18,25,27H,3-6,13-14H2,1-2H3/b2*22-15+/t2*25-,27-/m10/s1. The summed E-state index contributed by atoms with van der Waals surface area (Å²) in [7, 11) is 3.28. The Hall–Kier alpha value is -6.90. The number of rotatable bonds is 12. The third-order valence-corrected chi connectivity index (χ3v) is 13.6. The van der Waals surface area contributed by atoms with E-state index in [1.807, 2.05) is 93.7 Å². The number of hydrogen-bond acceptors (Lipinski definition) is 8. The predicted molar refractivity (Wildman–Crippen MR) is 264 cm³/mol. The molecule has 70 heavy (non-hydrogen) atoms. The molecule has 0 bridgehead atoms. The SMILES string of the molecule is COc1cc(/C=C2\CCCN([C@@H](c3ccc(F)cc3)[C@@H]3CCCO3)C2=O)ccc1-n1cnc(C)c1.COc1cc(/C=C2\CCCN([C@H](c3ccc(F)cc3)[C@H]3CCCO3)C2=O)ccc1-n1cnc(C)c1. The van der Waals surface area contributed by atoms with Gasteiger partial charge in [-0.15, -0.1) is 0 Å². The first kappa shape index (κ1) is 48.1. The molecule has 2 aromatic heterocycles. The number of likely N-dealkylation sites (tertiary alicyclic amines) is 2. The second-order valence-electron chi connectivity index (χ2n) is 18.3. The minimum Gasteiger partial charge on any atom is -0.495 e. The van der Waals surface area contributed by atoms with Crippen molar-refractivity contribution in [3.8, 4) is 22.9 Å². The van der Waals surface area contributed by atoms with E-state index >= 15 is 0 Å². The van der Waals surface area contributed by atoms with Crippen molar-refractivity contribution in [3.63, 3.8) is 0 Å². The Labute approximate surface area is 408 Å². The van der Waals surface area contributed by atoms with Crippen molar-refractivity contribution in [2.75, 3.05) is 40.5 Å². The van der Waals surface area contributed by atoms with Crippen LogP contribution in [0.15, 0.2) is 121 Å². The summed E-state index contributed by atoms with van der Waals surface area (Å²) in [4.78, 5) is 39.8. The molecule has 0 aliphatic carbocycles. The van der Waals surface area contributed by atoms with Gasteiger partial charge in [0.05, 0.1) is 73.9 Å².